The third-order valence-electron chi connectivity index (χ3n) is 3.89. The Hall–Kier alpha value is -3.11. The summed E-state index contributed by atoms with van der Waals surface area (Å²) < 4.78 is 38.6. The molecule has 28 heavy (non-hydrogen) atoms. The van der Waals surface area contributed by atoms with Gasteiger partial charge in [-0.3, -0.25) is 0 Å². The molecule has 2 aromatic heterocycles. The minimum Gasteiger partial charge on any atom is -0.340 e. The van der Waals surface area contributed by atoms with Crippen LogP contribution in [0, 0.1) is 25.7 Å². The number of thiazole rings is 1. The van der Waals surface area contributed by atoms with Crippen LogP contribution in [0.25, 0.3) is 5.70 Å². The first kappa shape index (κ1) is 19.6. The Labute approximate surface area is 165 Å². The molecule has 2 heterocycles. The highest BCUT2D eigenvalue weighted by Gasteiger charge is 2.30. The molecule has 0 saturated carbocycles. The first-order chi connectivity index (χ1) is 13.2. The molecule has 3 aromatic rings. The first-order valence-electron chi connectivity index (χ1n) is 8.27. The van der Waals surface area contributed by atoms with E-state index in [1.54, 1.807) is 6.20 Å². The van der Waals surface area contributed by atoms with Crippen LogP contribution >= 0.6 is 11.3 Å². The topological polar surface area (TPSA) is 37.8 Å². The summed E-state index contributed by atoms with van der Waals surface area (Å²) >= 11 is 1.51. The molecule has 0 aliphatic heterocycles. The van der Waals surface area contributed by atoms with E-state index in [1.807, 2.05) is 32.0 Å². The summed E-state index contributed by atoms with van der Waals surface area (Å²) in [7, 11) is 0. The fraction of sp³-hybridized carbons (Fsp3) is 0.143. The summed E-state index contributed by atoms with van der Waals surface area (Å²) in [5.41, 5.74) is 2.18. The summed E-state index contributed by atoms with van der Waals surface area (Å²) in [5, 5.41) is 3.78. The van der Waals surface area contributed by atoms with Crippen molar-refractivity contribution in [3.8, 4) is 11.8 Å². The minimum absolute atomic E-state index is 0.0770. The highest BCUT2D eigenvalue weighted by Crippen LogP contribution is 2.30. The Balaban J connectivity index is 1.82. The smallest absolute Gasteiger partial charge is 0.340 e. The Bertz CT molecular complexity index is 1090. The van der Waals surface area contributed by atoms with Gasteiger partial charge in [0.15, 0.2) is 0 Å². The van der Waals surface area contributed by atoms with Crippen molar-refractivity contribution in [2.45, 2.75) is 20.0 Å². The van der Waals surface area contributed by atoms with E-state index in [-0.39, 0.29) is 5.82 Å². The molecule has 142 valence electrons. The second-order valence-electron chi connectivity index (χ2n) is 6.05. The van der Waals surface area contributed by atoms with Crippen LogP contribution in [0.1, 0.15) is 32.1 Å². The van der Waals surface area contributed by atoms with Gasteiger partial charge in [0.05, 0.1) is 21.6 Å². The van der Waals surface area contributed by atoms with Gasteiger partial charge in [0.25, 0.3) is 0 Å². The molecular weight excluding hydrogens is 383 g/mol. The minimum atomic E-state index is -4.43. The van der Waals surface area contributed by atoms with Crippen molar-refractivity contribution in [3.63, 3.8) is 0 Å². The van der Waals surface area contributed by atoms with E-state index in [9.17, 15) is 13.2 Å². The molecule has 0 saturated heterocycles. The lowest BCUT2D eigenvalue weighted by atomic mass is 10.0. The zero-order valence-electron chi connectivity index (χ0n) is 15.2. The zero-order chi connectivity index (χ0) is 20.3. The van der Waals surface area contributed by atoms with Gasteiger partial charge in [-0.1, -0.05) is 24.6 Å². The quantitative estimate of drug-likeness (QED) is 0.578. The van der Waals surface area contributed by atoms with E-state index in [2.05, 4.69) is 33.7 Å². The summed E-state index contributed by atoms with van der Waals surface area (Å²) in [5.74, 6) is 6.28. The highest BCUT2D eigenvalue weighted by atomic mass is 32.1. The van der Waals surface area contributed by atoms with Crippen molar-refractivity contribution in [2.75, 3.05) is 5.32 Å². The maximum absolute atomic E-state index is 12.9. The van der Waals surface area contributed by atoms with Crippen LogP contribution in [0.2, 0.25) is 0 Å². The number of hydrogen-bond acceptors (Lipinski definition) is 4. The predicted molar refractivity (Wildman–Crippen MR) is 106 cm³/mol. The molecule has 0 aliphatic rings. The molecule has 0 fully saturated rings. The lowest BCUT2D eigenvalue weighted by Crippen LogP contribution is -2.07. The molecular formula is C21H16F3N3S. The number of halogens is 3. The van der Waals surface area contributed by atoms with Gasteiger partial charge in [-0.25, -0.2) is 9.97 Å². The summed E-state index contributed by atoms with van der Waals surface area (Å²) in [4.78, 5) is 8.97. The lowest BCUT2D eigenvalue weighted by Gasteiger charge is -2.12. The monoisotopic (exact) mass is 399 g/mol. The Morgan fingerprint density at radius 2 is 1.89 bits per heavy atom. The average molecular weight is 399 g/mol. The number of anilines is 1. The van der Waals surface area contributed by atoms with E-state index in [4.69, 9.17) is 0 Å². The fourth-order valence-electron chi connectivity index (χ4n) is 2.39. The normalized spacial score (nSPS) is 10.9. The van der Waals surface area contributed by atoms with Gasteiger partial charge in [0, 0.05) is 17.5 Å². The van der Waals surface area contributed by atoms with Crippen LogP contribution in [0.15, 0.2) is 49.3 Å². The van der Waals surface area contributed by atoms with E-state index >= 15 is 0 Å². The summed E-state index contributed by atoms with van der Waals surface area (Å²) in [6.45, 7) is 7.77. The molecule has 3 rings (SSSR count). The number of aryl methyl sites for hydroxylation is 2. The van der Waals surface area contributed by atoms with Crippen LogP contribution in [0.5, 0.6) is 0 Å². The zero-order valence-corrected chi connectivity index (χ0v) is 16.0. The standard InChI is InChI=1S/C21H16F3N3S/c1-13-4-5-17(10-16(13)6-7-19-12-26-15(3)28-19)14(2)27-20-11-18(8-9-25-20)21(22,23)24/h4-5,8-12H,2H2,1,3H3,(H,25,27). The van der Waals surface area contributed by atoms with E-state index < -0.39 is 11.7 Å². The number of rotatable bonds is 3. The molecule has 0 bridgehead atoms. The molecule has 1 aromatic carbocycles. The van der Waals surface area contributed by atoms with Gasteiger partial charge in [-0.15, -0.1) is 11.3 Å². The van der Waals surface area contributed by atoms with Crippen molar-refractivity contribution in [3.05, 3.63) is 81.4 Å². The second kappa shape index (κ2) is 7.87. The summed E-state index contributed by atoms with van der Waals surface area (Å²) in [6, 6.07) is 7.45. The second-order valence-corrected chi connectivity index (χ2v) is 7.29. The lowest BCUT2D eigenvalue weighted by molar-refractivity contribution is -0.137. The molecule has 0 amide bonds. The number of hydrogen-bond donors (Lipinski definition) is 1. The van der Waals surface area contributed by atoms with E-state index in [0.717, 1.165) is 44.9 Å². The maximum atomic E-state index is 12.9. The largest absolute Gasteiger partial charge is 0.416 e. The molecule has 3 nitrogen and oxygen atoms in total. The fourth-order valence-corrected chi connectivity index (χ4v) is 3.03. The van der Waals surface area contributed by atoms with E-state index in [1.165, 1.54) is 11.3 Å². The number of nitrogens with zero attached hydrogens (tertiary/aromatic N) is 2. The first-order valence-corrected chi connectivity index (χ1v) is 9.08. The molecule has 0 spiro atoms. The average Bonchev–Trinajstić information content (AvgIpc) is 3.06. The van der Waals surface area contributed by atoms with Crippen molar-refractivity contribution in [1.82, 2.24) is 9.97 Å². The predicted octanol–water partition coefficient (Wildman–Crippen LogP) is 5.66. The Morgan fingerprint density at radius 1 is 1.11 bits per heavy atom. The Morgan fingerprint density at radius 3 is 2.57 bits per heavy atom. The number of pyridine rings is 1. The van der Waals surface area contributed by atoms with Crippen molar-refractivity contribution < 1.29 is 13.2 Å². The molecule has 7 heteroatoms. The van der Waals surface area contributed by atoms with Gasteiger partial charge in [-0.2, -0.15) is 13.2 Å². The van der Waals surface area contributed by atoms with Crippen LogP contribution in [-0.4, -0.2) is 9.97 Å². The van der Waals surface area contributed by atoms with Crippen molar-refractivity contribution >= 4 is 22.9 Å². The van der Waals surface area contributed by atoms with Crippen molar-refractivity contribution in [1.29, 1.82) is 0 Å². The molecule has 1 N–H and O–H groups in total. The van der Waals surface area contributed by atoms with Gasteiger partial charge in [0.2, 0.25) is 0 Å². The third kappa shape index (κ3) is 4.78. The molecule has 0 atom stereocenters. The van der Waals surface area contributed by atoms with Gasteiger partial charge in [0.1, 0.15) is 5.82 Å². The summed E-state index contributed by atoms with van der Waals surface area (Å²) in [6.07, 6.45) is -1.59. The van der Waals surface area contributed by atoms with Gasteiger partial charge >= 0.3 is 6.18 Å². The van der Waals surface area contributed by atoms with Gasteiger partial charge < -0.3 is 5.32 Å². The van der Waals surface area contributed by atoms with Crippen LogP contribution in [0.3, 0.4) is 0 Å². The van der Waals surface area contributed by atoms with Crippen LogP contribution in [0.4, 0.5) is 19.0 Å². The molecule has 0 unspecified atom stereocenters. The van der Waals surface area contributed by atoms with Gasteiger partial charge in [-0.05, 0) is 49.1 Å². The van der Waals surface area contributed by atoms with Crippen LogP contribution in [-0.2, 0) is 6.18 Å². The van der Waals surface area contributed by atoms with Crippen LogP contribution < -0.4 is 5.32 Å². The maximum Gasteiger partial charge on any atom is 0.416 e. The number of alkyl halides is 3. The number of benzene rings is 1. The SMILES string of the molecule is C=C(Nc1cc(C(F)(F)F)ccn1)c1ccc(C)c(C#Cc2cnc(C)s2)c1. The van der Waals surface area contributed by atoms with E-state index in [0.29, 0.717) is 5.70 Å². The third-order valence-corrected chi connectivity index (χ3v) is 4.72. The van der Waals surface area contributed by atoms with Crippen molar-refractivity contribution in [2.24, 2.45) is 0 Å². The molecule has 0 aliphatic carbocycles. The highest BCUT2D eigenvalue weighted by molar-refractivity contribution is 7.12. The Kier molecular flexibility index (Phi) is 5.52. The number of aromatic nitrogens is 2. The number of nitrogens with one attached hydrogen (secondary N) is 1. The molecule has 0 radical (unpaired) electrons.